The summed E-state index contributed by atoms with van der Waals surface area (Å²) in [5, 5.41) is 33.0. The Hall–Kier alpha value is -4.57. The van der Waals surface area contributed by atoms with E-state index in [4.69, 9.17) is 4.74 Å². The summed E-state index contributed by atoms with van der Waals surface area (Å²) in [6.07, 6.45) is 9.99. The molecular weight excluding hydrogens is 526 g/mol. The van der Waals surface area contributed by atoms with Crippen molar-refractivity contribution in [1.29, 1.82) is 5.26 Å². The number of aliphatic hydroxyl groups is 1. The highest BCUT2D eigenvalue weighted by Gasteiger charge is 2.31. The minimum Gasteiger partial charge on any atom is -0.467 e. The molecule has 1 saturated heterocycles. The molecule has 41 heavy (non-hydrogen) atoms. The molecule has 5 rings (SSSR count). The topological polar surface area (TPSA) is 174 Å². The van der Waals surface area contributed by atoms with Gasteiger partial charge in [0.1, 0.15) is 17.5 Å². The van der Waals surface area contributed by atoms with E-state index in [9.17, 15) is 20.3 Å². The maximum Gasteiger partial charge on any atom is 0.413 e. The number of pyridine rings is 1. The summed E-state index contributed by atoms with van der Waals surface area (Å²) in [5.41, 5.74) is 1.93. The van der Waals surface area contributed by atoms with Crippen LogP contribution in [0, 0.1) is 11.3 Å². The highest BCUT2D eigenvalue weighted by atomic mass is 16.5. The first-order valence-electron chi connectivity index (χ1n) is 13.8. The first kappa shape index (κ1) is 28.0. The number of rotatable bonds is 7. The SMILES string of the molecule is COc1ncc(-c2ccc(N(C(=O)O)C3CCC(Nc4ncc(C#N)c(N5CCCC(O)CC5)n4)CC3)nc2)cn1. The maximum atomic E-state index is 12.3. The van der Waals surface area contributed by atoms with E-state index in [-0.39, 0.29) is 24.2 Å². The largest absolute Gasteiger partial charge is 0.467 e. The fourth-order valence-corrected chi connectivity index (χ4v) is 5.43. The van der Waals surface area contributed by atoms with Crippen LogP contribution >= 0.6 is 0 Å². The highest BCUT2D eigenvalue weighted by Crippen LogP contribution is 2.30. The summed E-state index contributed by atoms with van der Waals surface area (Å²) in [6.45, 7) is 1.35. The van der Waals surface area contributed by atoms with Gasteiger partial charge in [-0.3, -0.25) is 4.90 Å². The smallest absolute Gasteiger partial charge is 0.413 e. The lowest BCUT2D eigenvalue weighted by molar-refractivity contribution is 0.161. The average Bonchev–Trinajstić information content (AvgIpc) is 3.22. The molecule has 1 atom stereocenters. The molecule has 3 aromatic heterocycles. The van der Waals surface area contributed by atoms with Gasteiger partial charge in [-0.2, -0.15) is 10.2 Å². The highest BCUT2D eigenvalue weighted by molar-refractivity contribution is 5.85. The number of aliphatic hydroxyl groups excluding tert-OH is 1. The van der Waals surface area contributed by atoms with Gasteiger partial charge in [-0.15, -0.1) is 0 Å². The van der Waals surface area contributed by atoms with Crippen molar-refractivity contribution in [3.8, 4) is 23.2 Å². The number of hydrogen-bond acceptors (Lipinski definition) is 11. The van der Waals surface area contributed by atoms with Gasteiger partial charge in [0, 0.05) is 54.9 Å². The minimum absolute atomic E-state index is 0.0686. The van der Waals surface area contributed by atoms with Crippen molar-refractivity contribution in [3.63, 3.8) is 0 Å². The van der Waals surface area contributed by atoms with Crippen LogP contribution in [0.2, 0.25) is 0 Å². The molecule has 13 heteroatoms. The van der Waals surface area contributed by atoms with E-state index in [2.05, 4.69) is 36.3 Å². The van der Waals surface area contributed by atoms with E-state index in [0.717, 1.165) is 43.4 Å². The van der Waals surface area contributed by atoms with E-state index in [1.54, 1.807) is 24.7 Å². The first-order valence-corrected chi connectivity index (χ1v) is 13.8. The third-order valence-corrected chi connectivity index (χ3v) is 7.63. The van der Waals surface area contributed by atoms with E-state index >= 15 is 0 Å². The van der Waals surface area contributed by atoms with Crippen LogP contribution in [0.4, 0.5) is 22.4 Å². The Kier molecular flexibility index (Phi) is 8.69. The molecule has 1 unspecified atom stereocenters. The van der Waals surface area contributed by atoms with Gasteiger partial charge in [-0.05, 0) is 57.1 Å². The van der Waals surface area contributed by atoms with E-state index in [1.807, 2.05) is 11.0 Å². The number of carboxylic acid groups (broad SMARTS) is 1. The zero-order valence-corrected chi connectivity index (χ0v) is 22.8. The fourth-order valence-electron chi connectivity index (χ4n) is 5.43. The van der Waals surface area contributed by atoms with Crippen LogP contribution in [0.5, 0.6) is 6.01 Å². The molecule has 4 heterocycles. The van der Waals surface area contributed by atoms with Crippen molar-refractivity contribution in [2.75, 3.05) is 35.3 Å². The number of hydrogen-bond donors (Lipinski definition) is 3. The summed E-state index contributed by atoms with van der Waals surface area (Å²) in [5.74, 6) is 1.40. The Balaban J connectivity index is 1.22. The molecule has 1 amide bonds. The lowest BCUT2D eigenvalue weighted by Crippen LogP contribution is -2.44. The Morgan fingerprint density at radius 3 is 2.44 bits per heavy atom. The Morgan fingerprint density at radius 1 is 1.02 bits per heavy atom. The molecular formula is C28H33N9O4. The normalized spacial score (nSPS) is 20.9. The van der Waals surface area contributed by atoms with Crippen LogP contribution in [0.1, 0.15) is 50.5 Å². The van der Waals surface area contributed by atoms with Gasteiger partial charge in [-0.1, -0.05) is 0 Å². The number of carbonyl (C=O) groups is 1. The molecule has 2 aliphatic rings. The number of nitrogens with zero attached hydrogens (tertiary/aromatic N) is 8. The molecule has 1 saturated carbocycles. The quantitative estimate of drug-likeness (QED) is 0.385. The van der Waals surface area contributed by atoms with Crippen LogP contribution in [0.25, 0.3) is 11.1 Å². The second-order valence-corrected chi connectivity index (χ2v) is 10.3. The van der Waals surface area contributed by atoms with Gasteiger partial charge >= 0.3 is 12.1 Å². The number of ether oxygens (including phenoxy) is 1. The van der Waals surface area contributed by atoms with Crippen molar-refractivity contribution < 1.29 is 19.7 Å². The van der Waals surface area contributed by atoms with Gasteiger partial charge in [0.2, 0.25) is 5.95 Å². The Morgan fingerprint density at radius 2 is 1.78 bits per heavy atom. The molecule has 0 aromatic carbocycles. The lowest BCUT2D eigenvalue weighted by Gasteiger charge is -2.35. The van der Waals surface area contributed by atoms with Gasteiger partial charge in [0.05, 0.1) is 19.4 Å². The average molecular weight is 560 g/mol. The number of nitrogens with one attached hydrogen (secondary N) is 1. The standard InChI is InChI=1S/C28H33N9O4/c1-41-27-32-16-20(17-33-27)18-4-9-24(30-14-18)37(28(39)40)22-7-5-21(6-8-22)34-26-31-15-19(13-29)25(35-26)36-11-2-3-23(38)10-12-36/h4,9,14-17,21-23,38H,2-3,5-8,10-12H2,1H3,(H,39,40)(H,31,34,35). The molecule has 3 aromatic rings. The number of anilines is 3. The maximum absolute atomic E-state index is 12.3. The van der Waals surface area contributed by atoms with E-state index < -0.39 is 6.09 Å². The predicted molar refractivity (Wildman–Crippen MR) is 151 cm³/mol. The number of amides is 1. The Bertz CT molecular complexity index is 1370. The summed E-state index contributed by atoms with van der Waals surface area (Å²) in [4.78, 5) is 37.3. The summed E-state index contributed by atoms with van der Waals surface area (Å²) < 4.78 is 4.99. The first-order chi connectivity index (χ1) is 19.9. The van der Waals surface area contributed by atoms with Gasteiger partial charge in [-0.25, -0.2) is 24.7 Å². The molecule has 214 valence electrons. The lowest BCUT2D eigenvalue weighted by atomic mass is 9.90. The second kappa shape index (κ2) is 12.7. The summed E-state index contributed by atoms with van der Waals surface area (Å²) >= 11 is 0. The van der Waals surface area contributed by atoms with Crippen molar-refractivity contribution >= 4 is 23.7 Å². The molecule has 3 N–H and O–H groups in total. The van der Waals surface area contributed by atoms with Crippen molar-refractivity contribution in [3.05, 3.63) is 42.5 Å². The molecule has 2 fully saturated rings. The van der Waals surface area contributed by atoms with E-state index in [0.29, 0.717) is 49.0 Å². The number of aromatic nitrogens is 5. The third kappa shape index (κ3) is 6.60. The van der Waals surface area contributed by atoms with Gasteiger partial charge in [0.15, 0.2) is 5.82 Å². The summed E-state index contributed by atoms with van der Waals surface area (Å²) in [7, 11) is 1.50. The zero-order chi connectivity index (χ0) is 28.8. The number of methoxy groups -OCH3 is 1. The predicted octanol–water partition coefficient (Wildman–Crippen LogP) is 3.47. The number of nitriles is 1. The van der Waals surface area contributed by atoms with Gasteiger partial charge in [0.25, 0.3) is 0 Å². The molecule has 1 aliphatic carbocycles. The molecule has 0 spiro atoms. The van der Waals surface area contributed by atoms with Gasteiger partial charge < -0.3 is 25.2 Å². The zero-order valence-electron chi connectivity index (χ0n) is 22.8. The summed E-state index contributed by atoms with van der Waals surface area (Å²) in [6, 6.07) is 5.81. The van der Waals surface area contributed by atoms with Crippen LogP contribution < -0.4 is 19.9 Å². The molecule has 13 nitrogen and oxygen atoms in total. The van der Waals surface area contributed by atoms with Crippen LogP contribution in [0.3, 0.4) is 0 Å². The third-order valence-electron chi connectivity index (χ3n) is 7.63. The van der Waals surface area contributed by atoms with Crippen molar-refractivity contribution in [2.24, 2.45) is 0 Å². The van der Waals surface area contributed by atoms with Crippen LogP contribution in [-0.4, -0.2) is 79.6 Å². The molecule has 0 radical (unpaired) electrons. The van der Waals surface area contributed by atoms with Crippen molar-refractivity contribution in [2.45, 2.75) is 63.1 Å². The molecule has 1 aliphatic heterocycles. The van der Waals surface area contributed by atoms with E-state index in [1.165, 1.54) is 18.2 Å². The van der Waals surface area contributed by atoms with Crippen LogP contribution in [-0.2, 0) is 0 Å². The van der Waals surface area contributed by atoms with Crippen molar-refractivity contribution in [1.82, 2.24) is 24.9 Å². The Labute approximate surface area is 237 Å². The monoisotopic (exact) mass is 559 g/mol. The van der Waals surface area contributed by atoms with Crippen LogP contribution in [0.15, 0.2) is 36.9 Å². The molecule has 0 bridgehead atoms. The second-order valence-electron chi connectivity index (χ2n) is 10.3. The fraction of sp³-hybridized carbons (Fsp3) is 0.464. The minimum atomic E-state index is -1.04.